The van der Waals surface area contributed by atoms with E-state index in [2.05, 4.69) is 51.0 Å². The Morgan fingerprint density at radius 1 is 1.09 bits per heavy atom. The molecule has 4 aliphatic rings. The van der Waals surface area contributed by atoms with E-state index in [1.165, 1.54) is 70.3 Å². The number of methoxy groups -OCH3 is 1. The van der Waals surface area contributed by atoms with E-state index in [4.69, 9.17) is 4.74 Å². The van der Waals surface area contributed by atoms with Crippen LogP contribution in [0, 0.1) is 46.3 Å². The average molecular weight is 619 g/mol. The normalized spacial score (nSPS) is 32.9. The van der Waals surface area contributed by atoms with Gasteiger partial charge in [0.25, 0.3) is 0 Å². The number of carbonyl (C=O) groups excluding carboxylic acids is 1. The van der Waals surface area contributed by atoms with Crippen LogP contribution in [0.25, 0.3) is 10.9 Å². The van der Waals surface area contributed by atoms with Crippen LogP contribution in [0.2, 0.25) is 0 Å². The summed E-state index contributed by atoms with van der Waals surface area (Å²) in [6, 6.07) is 5.93. The molecule has 1 amide bonds. The molecule has 0 radical (unpaired) electrons. The van der Waals surface area contributed by atoms with Gasteiger partial charge in [-0.05, 0) is 128 Å². The first-order chi connectivity index (χ1) is 21.5. The van der Waals surface area contributed by atoms with Crippen molar-refractivity contribution in [2.24, 2.45) is 46.3 Å². The van der Waals surface area contributed by atoms with E-state index in [1.807, 2.05) is 24.4 Å². The molecule has 5 nitrogen and oxygen atoms in total. The summed E-state index contributed by atoms with van der Waals surface area (Å²) < 4.78 is 5.21. The molecule has 45 heavy (non-hydrogen) atoms. The van der Waals surface area contributed by atoms with Crippen molar-refractivity contribution in [2.45, 2.75) is 125 Å². The molecule has 3 N–H and O–H groups in total. The van der Waals surface area contributed by atoms with Crippen LogP contribution in [0.15, 0.2) is 36.0 Å². The molecule has 0 aliphatic heterocycles. The number of ether oxygens (including phenoxy) is 1. The van der Waals surface area contributed by atoms with Gasteiger partial charge < -0.3 is 20.1 Å². The lowest BCUT2D eigenvalue weighted by atomic mass is 9.47. The number of aromatic amines is 1. The Bertz CT molecular complexity index is 1330. The van der Waals surface area contributed by atoms with Crippen LogP contribution in [0.4, 0.5) is 0 Å². The Labute approximate surface area is 273 Å². The highest BCUT2D eigenvalue weighted by atomic mass is 16.5. The van der Waals surface area contributed by atoms with Crippen molar-refractivity contribution in [3.63, 3.8) is 0 Å². The molecule has 0 spiro atoms. The predicted octanol–water partition coefficient (Wildman–Crippen LogP) is 9.24. The number of aliphatic hydroxyl groups is 1. The average Bonchev–Trinajstić information content (AvgIpc) is 3.57. The van der Waals surface area contributed by atoms with Gasteiger partial charge >= 0.3 is 0 Å². The lowest BCUT2D eigenvalue weighted by Gasteiger charge is -2.58. The van der Waals surface area contributed by atoms with Crippen LogP contribution in [0.5, 0.6) is 5.75 Å². The maximum Gasteiger partial charge on any atom is 0.216 e. The van der Waals surface area contributed by atoms with E-state index in [-0.39, 0.29) is 12.0 Å². The third-order valence-corrected chi connectivity index (χ3v) is 13.0. The number of allylic oxidation sites excluding steroid dienone is 1. The Balaban J connectivity index is 0.000000201. The summed E-state index contributed by atoms with van der Waals surface area (Å²) in [6.07, 6.45) is 20.0. The van der Waals surface area contributed by atoms with Crippen LogP contribution in [0.3, 0.4) is 0 Å². The fourth-order valence-corrected chi connectivity index (χ4v) is 10.5. The summed E-state index contributed by atoms with van der Waals surface area (Å²) in [7, 11) is 1.66. The second-order valence-corrected chi connectivity index (χ2v) is 16.1. The number of rotatable bonds is 9. The second kappa shape index (κ2) is 14.2. The maximum atomic E-state index is 10.8. The van der Waals surface area contributed by atoms with E-state index in [9.17, 15) is 9.90 Å². The molecule has 0 saturated heterocycles. The van der Waals surface area contributed by atoms with Gasteiger partial charge in [-0.1, -0.05) is 65.5 Å². The zero-order valence-electron chi connectivity index (χ0n) is 29.4. The second-order valence-electron chi connectivity index (χ2n) is 16.1. The molecule has 5 heteroatoms. The number of H-pyrrole nitrogens is 1. The summed E-state index contributed by atoms with van der Waals surface area (Å²) >= 11 is 0. The van der Waals surface area contributed by atoms with Crippen molar-refractivity contribution in [3.05, 3.63) is 41.6 Å². The fraction of sp³-hybridized carbons (Fsp3) is 0.725. The molecule has 8 atom stereocenters. The molecule has 2 aromatic rings. The highest BCUT2D eigenvalue weighted by molar-refractivity contribution is 5.84. The third kappa shape index (κ3) is 7.19. The van der Waals surface area contributed by atoms with E-state index in [1.54, 1.807) is 12.7 Å². The topological polar surface area (TPSA) is 74.3 Å². The lowest BCUT2D eigenvalue weighted by molar-refractivity contribution is -0.118. The first-order valence-corrected chi connectivity index (χ1v) is 18.2. The van der Waals surface area contributed by atoms with Gasteiger partial charge in [0.15, 0.2) is 0 Å². The number of aromatic nitrogens is 1. The van der Waals surface area contributed by atoms with Gasteiger partial charge in [-0.2, -0.15) is 0 Å². The first kappa shape index (κ1) is 34.1. The number of benzene rings is 1. The molecule has 1 heterocycles. The molecule has 3 saturated carbocycles. The molecule has 6 rings (SSSR count). The smallest absolute Gasteiger partial charge is 0.216 e. The van der Waals surface area contributed by atoms with Crippen molar-refractivity contribution in [3.8, 4) is 5.75 Å². The SMILES string of the molecule is CC(C)CCC[C@@H](C)[C@H]1CC[C@H]2[C@@H]3CC=C4C[C@@H](O)CC[C@]4(C)[C@H]3CC[C@]12C.COc1ccc2[nH]cc(CCNC(C)=O)c2c1. The summed E-state index contributed by atoms with van der Waals surface area (Å²) in [5.74, 6) is 6.30. The van der Waals surface area contributed by atoms with E-state index in [0.29, 0.717) is 17.4 Å². The van der Waals surface area contributed by atoms with Crippen molar-refractivity contribution < 1.29 is 14.6 Å². The molecular formula is C40H62N2O3. The summed E-state index contributed by atoms with van der Waals surface area (Å²) in [6.45, 7) is 14.7. The summed E-state index contributed by atoms with van der Waals surface area (Å²) in [5.41, 5.74) is 4.88. The van der Waals surface area contributed by atoms with Crippen molar-refractivity contribution >= 4 is 16.8 Å². The highest BCUT2D eigenvalue weighted by Crippen LogP contribution is 2.67. The fourth-order valence-electron chi connectivity index (χ4n) is 10.5. The number of amides is 1. The van der Waals surface area contributed by atoms with E-state index in [0.717, 1.165) is 71.4 Å². The Morgan fingerprint density at radius 2 is 1.89 bits per heavy atom. The van der Waals surface area contributed by atoms with Crippen LogP contribution in [0.1, 0.15) is 118 Å². The van der Waals surface area contributed by atoms with Crippen LogP contribution in [-0.4, -0.2) is 35.8 Å². The van der Waals surface area contributed by atoms with Gasteiger partial charge in [0.2, 0.25) is 5.91 Å². The number of nitrogens with one attached hydrogen (secondary N) is 2. The zero-order chi connectivity index (χ0) is 32.4. The van der Waals surface area contributed by atoms with E-state index >= 15 is 0 Å². The quantitative estimate of drug-likeness (QED) is 0.245. The highest BCUT2D eigenvalue weighted by Gasteiger charge is 2.59. The van der Waals surface area contributed by atoms with Crippen molar-refractivity contribution in [2.75, 3.05) is 13.7 Å². The van der Waals surface area contributed by atoms with Gasteiger partial charge in [0, 0.05) is 30.6 Å². The standard InChI is InChI=1S/C27H46O.C13H16N2O2/c1-18(2)7-6-8-19(3)23-11-12-24-22-10-9-20-17-21(28)13-15-26(20,4)25(22)14-16-27(23,24)5;1-9(16)14-6-5-10-8-15-13-4-3-11(17-2)7-12(10)13/h9,18-19,21-25,28H,6-8,10-17H2,1-5H3;3-4,7-8,15H,5-6H2,1-2H3,(H,14,16)/t19-,21+,22+,23-,24+,25+,26+,27-;/m1./s1. The number of fused-ring (bicyclic) bond motifs is 6. The van der Waals surface area contributed by atoms with Gasteiger partial charge in [0.1, 0.15) is 5.75 Å². The molecule has 0 bridgehead atoms. The van der Waals surface area contributed by atoms with Gasteiger partial charge in [-0.25, -0.2) is 0 Å². The Hall–Kier alpha value is -2.27. The summed E-state index contributed by atoms with van der Waals surface area (Å²) in [5, 5.41) is 14.2. The maximum absolute atomic E-state index is 10.8. The van der Waals surface area contributed by atoms with E-state index < -0.39 is 0 Å². The summed E-state index contributed by atoms with van der Waals surface area (Å²) in [4.78, 5) is 14.0. The van der Waals surface area contributed by atoms with Gasteiger partial charge in [0.05, 0.1) is 13.2 Å². The van der Waals surface area contributed by atoms with Crippen molar-refractivity contribution in [1.29, 1.82) is 0 Å². The molecule has 0 unspecified atom stereocenters. The van der Waals surface area contributed by atoms with Gasteiger partial charge in [-0.3, -0.25) is 4.79 Å². The lowest BCUT2D eigenvalue weighted by Crippen LogP contribution is -2.50. The predicted molar refractivity (Wildman–Crippen MR) is 186 cm³/mol. The molecule has 4 aliphatic carbocycles. The van der Waals surface area contributed by atoms with Crippen LogP contribution >= 0.6 is 0 Å². The Morgan fingerprint density at radius 3 is 2.62 bits per heavy atom. The molecular weight excluding hydrogens is 556 g/mol. The van der Waals surface area contributed by atoms with Gasteiger partial charge in [-0.15, -0.1) is 0 Å². The zero-order valence-corrected chi connectivity index (χ0v) is 29.4. The first-order valence-electron chi connectivity index (χ1n) is 18.2. The number of carbonyl (C=O) groups is 1. The van der Waals surface area contributed by atoms with Crippen LogP contribution in [-0.2, 0) is 11.2 Å². The van der Waals surface area contributed by atoms with Crippen molar-refractivity contribution in [1.82, 2.24) is 10.3 Å². The largest absolute Gasteiger partial charge is 0.497 e. The molecule has 1 aromatic carbocycles. The Kier molecular flexibility index (Phi) is 10.8. The monoisotopic (exact) mass is 618 g/mol. The van der Waals surface area contributed by atoms with Crippen LogP contribution < -0.4 is 10.1 Å². The third-order valence-electron chi connectivity index (χ3n) is 13.0. The minimum atomic E-state index is -0.0766. The molecule has 250 valence electrons. The number of hydrogen-bond donors (Lipinski definition) is 3. The molecule has 3 fully saturated rings. The minimum Gasteiger partial charge on any atom is -0.497 e. The number of aliphatic hydroxyl groups excluding tert-OH is 1. The minimum absolute atomic E-state index is 0.00224. The number of hydrogen-bond acceptors (Lipinski definition) is 3. The molecule has 1 aromatic heterocycles.